The maximum absolute atomic E-state index is 12.2. The van der Waals surface area contributed by atoms with Crippen molar-refractivity contribution in [3.63, 3.8) is 0 Å². The molecule has 2 amide bonds. The Kier molecular flexibility index (Phi) is 5.88. The van der Waals surface area contributed by atoms with Crippen molar-refractivity contribution in [1.82, 2.24) is 0 Å². The molecule has 3 rings (SSSR count). The minimum absolute atomic E-state index is 0.0639. The second-order valence-electron chi connectivity index (χ2n) is 6.07. The Balaban J connectivity index is 1.56. The van der Waals surface area contributed by atoms with E-state index in [9.17, 15) is 18.0 Å². The Morgan fingerprint density at radius 2 is 1.78 bits per heavy atom. The van der Waals surface area contributed by atoms with Gasteiger partial charge in [-0.05, 0) is 36.4 Å². The second-order valence-corrected chi connectivity index (χ2v) is 8.18. The molecule has 0 bridgehead atoms. The minimum Gasteiger partial charge on any atom is -0.370 e. The van der Waals surface area contributed by atoms with E-state index in [1.165, 1.54) is 12.1 Å². The average molecular weight is 388 g/mol. The van der Waals surface area contributed by atoms with Crippen molar-refractivity contribution in [1.29, 1.82) is 0 Å². The number of nitrogens with zero attached hydrogens (tertiary/aromatic N) is 1. The summed E-state index contributed by atoms with van der Waals surface area (Å²) in [6.45, 7) is 1.04. The Labute approximate surface area is 157 Å². The van der Waals surface area contributed by atoms with E-state index in [-0.39, 0.29) is 35.5 Å². The summed E-state index contributed by atoms with van der Waals surface area (Å²) in [4.78, 5) is 25.7. The lowest BCUT2D eigenvalue weighted by Gasteiger charge is -2.26. The summed E-state index contributed by atoms with van der Waals surface area (Å²) in [5.41, 5.74) is 1.27. The maximum atomic E-state index is 12.2. The molecule has 0 spiro atoms. The van der Waals surface area contributed by atoms with Gasteiger partial charge in [-0.25, -0.2) is 8.42 Å². The molecule has 1 aliphatic heterocycles. The van der Waals surface area contributed by atoms with Gasteiger partial charge in [0.15, 0.2) is 9.84 Å². The van der Waals surface area contributed by atoms with E-state index in [0.717, 1.165) is 5.69 Å². The van der Waals surface area contributed by atoms with Gasteiger partial charge in [0.05, 0.1) is 17.3 Å². The number of ether oxygens (including phenoxy) is 1. The van der Waals surface area contributed by atoms with E-state index in [1.54, 1.807) is 47.4 Å². The standard InChI is InChI=1S/C19H20N2O5S/c22-18(10-13-27(24,25)17-4-2-1-3-5-17)20-15-6-8-16(9-7-15)21-11-12-26-14-19(21)23/h1-9H,10-14H2,(H,20,22). The molecule has 0 saturated carbocycles. The fourth-order valence-electron chi connectivity index (χ4n) is 2.71. The Hall–Kier alpha value is -2.71. The molecule has 0 unspecified atom stereocenters. The number of hydrogen-bond donors (Lipinski definition) is 1. The number of rotatable bonds is 6. The molecule has 2 aromatic carbocycles. The number of morpholine rings is 1. The summed E-state index contributed by atoms with van der Waals surface area (Å²) >= 11 is 0. The molecule has 1 aliphatic rings. The Bertz CT molecular complexity index is 911. The molecule has 1 N–H and O–H groups in total. The molecule has 1 heterocycles. The minimum atomic E-state index is -3.49. The van der Waals surface area contributed by atoms with E-state index in [4.69, 9.17) is 4.74 Å². The molecule has 0 aliphatic carbocycles. The second kappa shape index (κ2) is 8.32. The lowest BCUT2D eigenvalue weighted by molar-refractivity contribution is -0.125. The van der Waals surface area contributed by atoms with Crippen molar-refractivity contribution < 1.29 is 22.7 Å². The van der Waals surface area contributed by atoms with Gasteiger partial charge in [-0.3, -0.25) is 9.59 Å². The summed E-state index contributed by atoms with van der Waals surface area (Å²) in [5.74, 6) is -0.753. The highest BCUT2D eigenvalue weighted by Crippen LogP contribution is 2.20. The van der Waals surface area contributed by atoms with Crippen LogP contribution < -0.4 is 10.2 Å². The van der Waals surface area contributed by atoms with Crippen molar-refractivity contribution in [2.75, 3.05) is 35.7 Å². The van der Waals surface area contributed by atoms with Gasteiger partial charge >= 0.3 is 0 Å². The topological polar surface area (TPSA) is 92.8 Å². The number of amides is 2. The smallest absolute Gasteiger partial charge is 0.253 e. The van der Waals surface area contributed by atoms with E-state index in [1.807, 2.05) is 0 Å². The highest BCUT2D eigenvalue weighted by molar-refractivity contribution is 7.91. The number of benzene rings is 2. The highest BCUT2D eigenvalue weighted by Gasteiger charge is 2.20. The summed E-state index contributed by atoms with van der Waals surface area (Å²) in [7, 11) is -3.49. The number of hydrogen-bond acceptors (Lipinski definition) is 5. The summed E-state index contributed by atoms with van der Waals surface area (Å²) in [6, 6.07) is 14.9. The number of sulfone groups is 1. The van der Waals surface area contributed by atoms with Gasteiger partial charge < -0.3 is 15.0 Å². The zero-order valence-electron chi connectivity index (χ0n) is 14.6. The number of nitrogens with one attached hydrogen (secondary N) is 1. The first-order chi connectivity index (χ1) is 13.0. The maximum Gasteiger partial charge on any atom is 0.253 e. The van der Waals surface area contributed by atoms with Crippen LogP contribution in [0.25, 0.3) is 0 Å². The van der Waals surface area contributed by atoms with Crippen LogP contribution >= 0.6 is 0 Å². The van der Waals surface area contributed by atoms with Gasteiger partial charge in [0, 0.05) is 24.3 Å². The van der Waals surface area contributed by atoms with Crippen LogP contribution in [0.1, 0.15) is 6.42 Å². The molecule has 0 radical (unpaired) electrons. The first-order valence-corrected chi connectivity index (χ1v) is 10.2. The SMILES string of the molecule is O=C(CCS(=O)(=O)c1ccccc1)Nc1ccc(N2CCOCC2=O)cc1. The molecular formula is C19H20N2O5S. The average Bonchev–Trinajstić information content (AvgIpc) is 2.68. The van der Waals surface area contributed by atoms with Crippen LogP contribution in [0.3, 0.4) is 0 Å². The van der Waals surface area contributed by atoms with Crippen molar-refractivity contribution in [3.8, 4) is 0 Å². The third-order valence-corrected chi connectivity index (χ3v) is 5.88. The molecular weight excluding hydrogens is 368 g/mol. The first kappa shape index (κ1) is 19.1. The van der Waals surface area contributed by atoms with Gasteiger partial charge in [-0.15, -0.1) is 0 Å². The van der Waals surface area contributed by atoms with E-state index in [2.05, 4.69) is 5.32 Å². The van der Waals surface area contributed by atoms with Crippen molar-refractivity contribution >= 4 is 33.0 Å². The largest absolute Gasteiger partial charge is 0.370 e. The molecule has 27 heavy (non-hydrogen) atoms. The van der Waals surface area contributed by atoms with E-state index in [0.29, 0.717) is 18.8 Å². The van der Waals surface area contributed by atoms with Crippen LogP contribution in [0.2, 0.25) is 0 Å². The predicted molar refractivity (Wildman–Crippen MR) is 101 cm³/mol. The molecule has 1 fully saturated rings. The van der Waals surface area contributed by atoms with E-state index < -0.39 is 9.84 Å². The number of anilines is 2. The van der Waals surface area contributed by atoms with Crippen LogP contribution in [0.4, 0.5) is 11.4 Å². The molecule has 7 nitrogen and oxygen atoms in total. The quantitative estimate of drug-likeness (QED) is 0.815. The Morgan fingerprint density at radius 3 is 2.44 bits per heavy atom. The summed E-state index contributed by atoms with van der Waals surface area (Å²) in [6.07, 6.45) is -0.138. The molecule has 0 atom stereocenters. The molecule has 2 aromatic rings. The van der Waals surface area contributed by atoms with Gasteiger partial charge in [0.1, 0.15) is 6.61 Å². The monoisotopic (exact) mass is 388 g/mol. The number of carbonyl (C=O) groups is 2. The van der Waals surface area contributed by atoms with Crippen LogP contribution in [0.15, 0.2) is 59.5 Å². The van der Waals surface area contributed by atoms with Gasteiger partial charge in [-0.2, -0.15) is 0 Å². The van der Waals surface area contributed by atoms with E-state index >= 15 is 0 Å². The Morgan fingerprint density at radius 1 is 1.07 bits per heavy atom. The normalized spacial score (nSPS) is 14.8. The summed E-state index contributed by atoms with van der Waals surface area (Å²) in [5, 5.41) is 2.68. The zero-order valence-corrected chi connectivity index (χ0v) is 15.4. The van der Waals surface area contributed by atoms with Crippen LogP contribution in [0, 0.1) is 0 Å². The van der Waals surface area contributed by atoms with Gasteiger partial charge in [-0.1, -0.05) is 18.2 Å². The van der Waals surface area contributed by atoms with Crippen molar-refractivity contribution in [2.45, 2.75) is 11.3 Å². The molecule has 1 saturated heterocycles. The fourth-order valence-corrected chi connectivity index (χ4v) is 3.97. The van der Waals surface area contributed by atoms with Gasteiger partial charge in [0.25, 0.3) is 5.91 Å². The lowest BCUT2D eigenvalue weighted by atomic mass is 10.2. The molecule has 142 valence electrons. The van der Waals surface area contributed by atoms with Crippen molar-refractivity contribution in [2.24, 2.45) is 0 Å². The third kappa shape index (κ3) is 4.93. The summed E-state index contributed by atoms with van der Waals surface area (Å²) < 4.78 is 29.5. The van der Waals surface area contributed by atoms with Crippen LogP contribution in [-0.4, -0.2) is 45.7 Å². The lowest BCUT2D eigenvalue weighted by Crippen LogP contribution is -2.41. The predicted octanol–water partition coefficient (Wildman–Crippen LogP) is 1.85. The van der Waals surface area contributed by atoms with Gasteiger partial charge in [0.2, 0.25) is 5.91 Å². The molecule has 8 heteroatoms. The number of carbonyl (C=O) groups excluding carboxylic acids is 2. The third-order valence-electron chi connectivity index (χ3n) is 4.15. The zero-order chi connectivity index (χ0) is 19.3. The first-order valence-electron chi connectivity index (χ1n) is 8.51. The molecule has 0 aromatic heterocycles. The highest BCUT2D eigenvalue weighted by atomic mass is 32.2. The van der Waals surface area contributed by atoms with Crippen LogP contribution in [-0.2, 0) is 24.2 Å². The van der Waals surface area contributed by atoms with Crippen molar-refractivity contribution in [3.05, 3.63) is 54.6 Å². The fraction of sp³-hybridized carbons (Fsp3) is 0.263. The van der Waals surface area contributed by atoms with Crippen LogP contribution in [0.5, 0.6) is 0 Å².